The Morgan fingerprint density at radius 2 is 2.04 bits per heavy atom. The molecule has 0 radical (unpaired) electrons. The van der Waals surface area contributed by atoms with Gasteiger partial charge in [-0.1, -0.05) is 29.3 Å². The molecule has 3 rings (SSSR count). The lowest BCUT2D eigenvalue weighted by atomic mass is 9.87. The van der Waals surface area contributed by atoms with Gasteiger partial charge in [0.25, 0.3) is 0 Å². The molecule has 8 nitrogen and oxygen atoms in total. The zero-order valence-corrected chi connectivity index (χ0v) is 16.1. The van der Waals surface area contributed by atoms with Crippen LogP contribution >= 0.6 is 23.2 Å². The lowest BCUT2D eigenvalue weighted by Crippen LogP contribution is -2.25. The van der Waals surface area contributed by atoms with Crippen LogP contribution < -0.4 is 16.8 Å². The van der Waals surface area contributed by atoms with Gasteiger partial charge in [0.1, 0.15) is 17.4 Å². The van der Waals surface area contributed by atoms with Gasteiger partial charge in [-0.25, -0.2) is 4.79 Å². The van der Waals surface area contributed by atoms with Crippen molar-refractivity contribution in [3.05, 3.63) is 50.8 Å². The largest absolute Gasteiger partial charge is 0.513 e. The van der Waals surface area contributed by atoms with Gasteiger partial charge in [0.15, 0.2) is 0 Å². The summed E-state index contributed by atoms with van der Waals surface area (Å²) in [4.78, 5) is 20.2. The third kappa shape index (κ3) is 3.72. The number of anilines is 3. The number of aromatic nitrogens is 2. The molecule has 1 aliphatic rings. The first-order valence-corrected chi connectivity index (χ1v) is 8.77. The third-order valence-corrected chi connectivity index (χ3v) is 4.51. The molecule has 0 bridgehead atoms. The van der Waals surface area contributed by atoms with Crippen molar-refractivity contribution in [3.63, 3.8) is 0 Å². The summed E-state index contributed by atoms with van der Waals surface area (Å²) >= 11 is 12.4. The van der Waals surface area contributed by atoms with Gasteiger partial charge in [0.05, 0.1) is 23.8 Å². The Hall–Kier alpha value is -2.71. The average Bonchev–Trinajstić information content (AvgIpc) is 2.56. The number of nitrogens with zero attached hydrogens (tertiary/aromatic N) is 2. The molecule has 10 heteroatoms. The van der Waals surface area contributed by atoms with Gasteiger partial charge in [-0.05, 0) is 31.5 Å². The number of ether oxygens (including phenoxy) is 2. The van der Waals surface area contributed by atoms with Crippen molar-refractivity contribution in [2.24, 2.45) is 0 Å². The fourth-order valence-electron chi connectivity index (χ4n) is 2.88. The molecular weight excluding hydrogens is 393 g/mol. The Balaban J connectivity index is 2.21. The number of halogens is 2. The lowest BCUT2D eigenvalue weighted by molar-refractivity contribution is 0.0778. The van der Waals surface area contributed by atoms with Gasteiger partial charge in [0.2, 0.25) is 5.95 Å². The maximum atomic E-state index is 12.0. The predicted molar refractivity (Wildman–Crippen MR) is 104 cm³/mol. The van der Waals surface area contributed by atoms with Gasteiger partial charge in [-0.3, -0.25) is 0 Å². The van der Waals surface area contributed by atoms with E-state index < -0.39 is 12.1 Å². The Bertz CT molecular complexity index is 948. The van der Waals surface area contributed by atoms with Crippen LogP contribution in [0.15, 0.2) is 29.7 Å². The van der Waals surface area contributed by atoms with Crippen molar-refractivity contribution in [1.82, 2.24) is 9.97 Å². The summed E-state index contributed by atoms with van der Waals surface area (Å²) in [6, 6.07) is 4.99. The molecule has 27 heavy (non-hydrogen) atoms. The number of nitrogens with one attached hydrogen (secondary N) is 1. The number of hydrogen-bond acceptors (Lipinski definition) is 8. The van der Waals surface area contributed by atoms with E-state index in [1.54, 1.807) is 32.0 Å². The van der Waals surface area contributed by atoms with E-state index in [-0.39, 0.29) is 24.1 Å². The Morgan fingerprint density at radius 3 is 2.70 bits per heavy atom. The second-order valence-corrected chi connectivity index (χ2v) is 6.57. The smallest absolute Gasteiger partial charge is 0.434 e. The Kier molecular flexibility index (Phi) is 5.29. The van der Waals surface area contributed by atoms with Crippen molar-refractivity contribution >= 4 is 46.9 Å². The van der Waals surface area contributed by atoms with Crippen LogP contribution in [-0.4, -0.2) is 22.7 Å². The molecule has 1 aromatic carbocycles. The SMILES string of the molecule is CCOC(=O)OC1=C(C)Nc2nc(N)nc(N)c2C1c1ccc(Cl)cc1Cl. The topological polar surface area (TPSA) is 125 Å². The maximum Gasteiger partial charge on any atom is 0.513 e. The van der Waals surface area contributed by atoms with E-state index >= 15 is 0 Å². The number of allylic oxidation sites excluding steroid dienone is 2. The molecule has 0 saturated carbocycles. The monoisotopic (exact) mass is 409 g/mol. The zero-order chi connectivity index (χ0) is 19.7. The first-order chi connectivity index (χ1) is 12.8. The second-order valence-electron chi connectivity index (χ2n) is 5.73. The van der Waals surface area contributed by atoms with Crippen LogP contribution in [0, 0.1) is 0 Å². The number of fused-ring (bicyclic) bond motifs is 1. The van der Waals surface area contributed by atoms with Crippen LogP contribution in [-0.2, 0) is 9.47 Å². The highest BCUT2D eigenvalue weighted by Crippen LogP contribution is 2.46. The molecule has 0 amide bonds. The summed E-state index contributed by atoms with van der Waals surface area (Å²) in [7, 11) is 0. The van der Waals surface area contributed by atoms with E-state index in [1.165, 1.54) is 0 Å². The van der Waals surface area contributed by atoms with Crippen molar-refractivity contribution < 1.29 is 14.3 Å². The van der Waals surface area contributed by atoms with Crippen molar-refractivity contribution in [2.45, 2.75) is 19.8 Å². The fraction of sp³-hybridized carbons (Fsp3) is 0.235. The number of nitrogen functional groups attached to an aromatic ring is 2. The number of rotatable bonds is 3. The molecule has 1 aromatic heterocycles. The Labute approximate surface area is 165 Å². The summed E-state index contributed by atoms with van der Waals surface area (Å²) < 4.78 is 10.4. The van der Waals surface area contributed by atoms with Gasteiger partial charge < -0.3 is 26.3 Å². The molecule has 1 aliphatic heterocycles. The number of carbonyl (C=O) groups is 1. The van der Waals surface area contributed by atoms with Crippen LogP contribution in [0.4, 0.5) is 22.4 Å². The summed E-state index contributed by atoms with van der Waals surface area (Å²) in [5.41, 5.74) is 13.5. The predicted octanol–water partition coefficient (Wildman–Crippen LogP) is 3.91. The molecule has 1 atom stereocenters. The van der Waals surface area contributed by atoms with Crippen LogP contribution in [0.2, 0.25) is 10.0 Å². The normalized spacial score (nSPS) is 15.8. The second kappa shape index (κ2) is 7.50. The minimum Gasteiger partial charge on any atom is -0.434 e. The lowest BCUT2D eigenvalue weighted by Gasteiger charge is -2.30. The zero-order valence-electron chi connectivity index (χ0n) is 14.5. The van der Waals surface area contributed by atoms with E-state index in [9.17, 15) is 4.79 Å². The van der Waals surface area contributed by atoms with Crippen LogP contribution in [0.3, 0.4) is 0 Å². The maximum absolute atomic E-state index is 12.0. The number of carbonyl (C=O) groups excluding carboxylic acids is 1. The van der Waals surface area contributed by atoms with E-state index in [2.05, 4.69) is 15.3 Å². The van der Waals surface area contributed by atoms with E-state index in [4.69, 9.17) is 44.1 Å². The average molecular weight is 410 g/mol. The fourth-order valence-corrected chi connectivity index (χ4v) is 3.39. The number of nitrogens with two attached hydrogens (primary N) is 2. The molecule has 0 aliphatic carbocycles. The molecule has 1 unspecified atom stereocenters. The van der Waals surface area contributed by atoms with Gasteiger partial charge in [-0.15, -0.1) is 0 Å². The quantitative estimate of drug-likeness (QED) is 0.651. The molecule has 0 saturated heterocycles. The minimum absolute atomic E-state index is 0.0160. The van der Waals surface area contributed by atoms with E-state index in [0.717, 1.165) is 0 Å². The molecule has 2 heterocycles. The standard InChI is InChI=1S/C17H17Cl2N5O3/c1-3-26-17(25)27-13-7(2)22-15-12(14(20)23-16(21)24-15)11(13)9-5-4-8(18)6-10(9)19/h4-6,11H,3H2,1-2H3,(H5,20,21,22,23,24). The minimum atomic E-state index is -0.845. The molecule has 142 valence electrons. The molecule has 0 fully saturated rings. The molecular formula is C17H17Cl2N5O3. The molecule has 2 aromatic rings. The van der Waals surface area contributed by atoms with Gasteiger partial charge in [-0.2, -0.15) is 9.97 Å². The highest BCUT2D eigenvalue weighted by atomic mass is 35.5. The first kappa shape index (κ1) is 19.1. The molecule has 5 N–H and O–H groups in total. The first-order valence-electron chi connectivity index (χ1n) is 8.02. The number of hydrogen-bond donors (Lipinski definition) is 3. The third-order valence-electron chi connectivity index (χ3n) is 3.95. The highest BCUT2D eigenvalue weighted by molar-refractivity contribution is 6.35. The van der Waals surface area contributed by atoms with Crippen LogP contribution in [0.5, 0.6) is 0 Å². The van der Waals surface area contributed by atoms with E-state index in [1.807, 2.05) is 0 Å². The van der Waals surface area contributed by atoms with Crippen molar-refractivity contribution in [2.75, 3.05) is 23.4 Å². The van der Waals surface area contributed by atoms with Crippen molar-refractivity contribution in [1.29, 1.82) is 0 Å². The van der Waals surface area contributed by atoms with Crippen LogP contribution in [0.1, 0.15) is 30.9 Å². The molecule has 0 spiro atoms. The van der Waals surface area contributed by atoms with E-state index in [0.29, 0.717) is 32.7 Å². The summed E-state index contributed by atoms with van der Waals surface area (Å²) in [6.07, 6.45) is -0.845. The summed E-state index contributed by atoms with van der Waals surface area (Å²) in [5, 5.41) is 3.87. The van der Waals surface area contributed by atoms with Gasteiger partial charge in [0, 0.05) is 10.0 Å². The summed E-state index contributed by atoms with van der Waals surface area (Å²) in [6.45, 7) is 3.57. The highest BCUT2D eigenvalue weighted by Gasteiger charge is 2.36. The van der Waals surface area contributed by atoms with Gasteiger partial charge >= 0.3 is 6.16 Å². The van der Waals surface area contributed by atoms with Crippen LogP contribution in [0.25, 0.3) is 0 Å². The summed E-state index contributed by atoms with van der Waals surface area (Å²) in [5.74, 6) is 0.173. The Morgan fingerprint density at radius 1 is 1.30 bits per heavy atom. The van der Waals surface area contributed by atoms with Crippen molar-refractivity contribution in [3.8, 4) is 0 Å². The number of benzene rings is 1.